The molecule has 3 aromatic rings. The Labute approximate surface area is 241 Å². The minimum absolute atomic E-state index is 0.273. The molecule has 0 atom stereocenters. The fourth-order valence-electron chi connectivity index (χ4n) is 5.75. The number of likely N-dealkylation sites (tertiary alicyclic amines) is 1. The van der Waals surface area contributed by atoms with Crippen LogP contribution >= 0.6 is 0 Å². The lowest BCUT2D eigenvalue weighted by atomic mass is 10.0. The van der Waals surface area contributed by atoms with Crippen molar-refractivity contribution in [3.8, 4) is 17.0 Å². The topological polar surface area (TPSA) is 118 Å². The second-order valence-corrected chi connectivity index (χ2v) is 10.3. The highest BCUT2D eigenvalue weighted by Crippen LogP contribution is 2.40. The molecule has 214 valence electrons. The van der Waals surface area contributed by atoms with Crippen LogP contribution < -0.4 is 25.6 Å². The molecular weight excluding hydrogens is 516 g/mol. The van der Waals surface area contributed by atoms with Gasteiger partial charge >= 0.3 is 0 Å². The molecule has 0 unspecified atom stereocenters. The van der Waals surface area contributed by atoms with E-state index in [1.165, 1.54) is 44.5 Å². The molecule has 2 fully saturated rings. The van der Waals surface area contributed by atoms with Crippen molar-refractivity contribution in [1.29, 1.82) is 5.41 Å². The number of piperidine rings is 1. The molecule has 2 aromatic carbocycles. The molecule has 10 nitrogen and oxygen atoms in total. The lowest BCUT2D eigenvalue weighted by Crippen LogP contribution is -2.44. The highest BCUT2D eigenvalue weighted by atomic mass is 16.5. The van der Waals surface area contributed by atoms with Crippen LogP contribution in [0, 0.1) is 5.41 Å². The van der Waals surface area contributed by atoms with Crippen molar-refractivity contribution in [3.63, 3.8) is 0 Å². The van der Waals surface area contributed by atoms with Crippen molar-refractivity contribution in [3.05, 3.63) is 60.9 Å². The first-order valence-corrected chi connectivity index (χ1v) is 14.1. The maximum absolute atomic E-state index is 12.4. The zero-order valence-corrected chi connectivity index (χ0v) is 23.7. The summed E-state index contributed by atoms with van der Waals surface area (Å²) in [4.78, 5) is 26.2. The molecular formula is C31H38N8O2. The molecule has 0 radical (unpaired) electrons. The largest absolute Gasteiger partial charge is 0.494 e. The van der Waals surface area contributed by atoms with Crippen molar-refractivity contribution < 1.29 is 9.53 Å². The van der Waals surface area contributed by atoms with Gasteiger partial charge in [-0.15, -0.1) is 0 Å². The Bertz CT molecular complexity index is 1410. The van der Waals surface area contributed by atoms with E-state index in [4.69, 9.17) is 10.1 Å². The Morgan fingerprint density at radius 3 is 2.51 bits per heavy atom. The van der Waals surface area contributed by atoms with E-state index >= 15 is 0 Å². The summed E-state index contributed by atoms with van der Waals surface area (Å²) in [6.45, 7) is 7.86. The highest BCUT2D eigenvalue weighted by molar-refractivity contribution is 6.02. The van der Waals surface area contributed by atoms with E-state index in [0.717, 1.165) is 48.4 Å². The zero-order valence-electron chi connectivity index (χ0n) is 23.7. The third kappa shape index (κ3) is 6.33. The summed E-state index contributed by atoms with van der Waals surface area (Å²) in [5.41, 5.74) is 5.49. The summed E-state index contributed by atoms with van der Waals surface area (Å²) in [5.74, 6) is 0.941. The van der Waals surface area contributed by atoms with Gasteiger partial charge in [-0.3, -0.25) is 4.79 Å². The van der Waals surface area contributed by atoms with Gasteiger partial charge in [0.1, 0.15) is 17.9 Å². The van der Waals surface area contributed by atoms with E-state index in [1.807, 2.05) is 43.4 Å². The first-order chi connectivity index (χ1) is 20.0. The minimum atomic E-state index is -0.273. The maximum Gasteiger partial charge on any atom is 0.247 e. The summed E-state index contributed by atoms with van der Waals surface area (Å²) in [6, 6.07) is 12.1. The molecule has 0 saturated carbocycles. The van der Waals surface area contributed by atoms with E-state index in [-0.39, 0.29) is 5.91 Å². The normalized spacial score (nSPS) is 15.8. The fourth-order valence-corrected chi connectivity index (χ4v) is 5.75. The number of aromatic nitrogens is 2. The van der Waals surface area contributed by atoms with Crippen LogP contribution in [0.5, 0.6) is 5.75 Å². The van der Waals surface area contributed by atoms with Gasteiger partial charge in [-0.2, -0.15) is 0 Å². The van der Waals surface area contributed by atoms with Gasteiger partial charge in [0.05, 0.1) is 29.9 Å². The molecule has 5 rings (SSSR count). The fraction of sp³-hybridized carbons (Fsp3) is 0.355. The number of ether oxygens (including phenoxy) is 1. The molecule has 3 heterocycles. The smallest absolute Gasteiger partial charge is 0.247 e. The van der Waals surface area contributed by atoms with Crippen LogP contribution in [0.2, 0.25) is 0 Å². The lowest BCUT2D eigenvalue weighted by molar-refractivity contribution is -0.111. The Morgan fingerprint density at radius 2 is 1.83 bits per heavy atom. The predicted octanol–water partition coefficient (Wildman–Crippen LogP) is 5.12. The van der Waals surface area contributed by atoms with Crippen molar-refractivity contribution in [1.82, 2.24) is 14.9 Å². The summed E-state index contributed by atoms with van der Waals surface area (Å²) < 4.78 is 5.80. The van der Waals surface area contributed by atoms with Crippen molar-refractivity contribution in [2.45, 2.75) is 31.7 Å². The van der Waals surface area contributed by atoms with Crippen LogP contribution in [0.4, 0.5) is 28.6 Å². The van der Waals surface area contributed by atoms with Gasteiger partial charge in [-0.25, -0.2) is 9.97 Å². The molecule has 41 heavy (non-hydrogen) atoms. The van der Waals surface area contributed by atoms with Gasteiger partial charge in [-0.1, -0.05) is 12.6 Å². The van der Waals surface area contributed by atoms with Crippen molar-refractivity contribution in [2.24, 2.45) is 0 Å². The van der Waals surface area contributed by atoms with Crippen molar-refractivity contribution >= 4 is 40.7 Å². The summed E-state index contributed by atoms with van der Waals surface area (Å²) in [7, 11) is 3.47. The summed E-state index contributed by atoms with van der Waals surface area (Å²) >= 11 is 0. The monoisotopic (exact) mass is 554 g/mol. The third-order valence-corrected chi connectivity index (χ3v) is 7.93. The van der Waals surface area contributed by atoms with E-state index in [9.17, 15) is 4.79 Å². The lowest BCUT2D eigenvalue weighted by Gasteiger charge is -2.38. The Kier molecular flexibility index (Phi) is 8.79. The molecule has 0 bridgehead atoms. The summed E-state index contributed by atoms with van der Waals surface area (Å²) in [5, 5.41) is 17.2. The average Bonchev–Trinajstić information content (AvgIpc) is 3.56. The summed E-state index contributed by atoms with van der Waals surface area (Å²) in [6.07, 6.45) is 8.87. The standard InChI is InChI=1S/C31H38N8O2/c1-4-31(40)37-26-16-27(29(41-3)18-28(26)39-13-9-23(10-14-39)38-11-5-6-12-38)36-30-17-25(34-20-35-30)21-7-8-24(33-2)22(15-21)19-32/h4,7-8,15-20,23,32-33H,1,5-6,9-14H2,2-3H3,(H,37,40)(H,34,35,36). The quantitative estimate of drug-likeness (QED) is 0.201. The van der Waals surface area contributed by atoms with Gasteiger partial charge in [-0.05, 0) is 63.0 Å². The molecule has 4 N–H and O–H groups in total. The van der Waals surface area contributed by atoms with Crippen LogP contribution in [0.3, 0.4) is 0 Å². The molecule has 1 aromatic heterocycles. The zero-order chi connectivity index (χ0) is 28.8. The molecule has 2 saturated heterocycles. The van der Waals surface area contributed by atoms with Crippen LogP contribution in [0.15, 0.2) is 55.4 Å². The van der Waals surface area contributed by atoms with Gasteiger partial charge in [0, 0.05) is 61.3 Å². The van der Waals surface area contributed by atoms with E-state index in [0.29, 0.717) is 34.7 Å². The van der Waals surface area contributed by atoms with Gasteiger partial charge in [0.15, 0.2) is 0 Å². The Balaban J connectivity index is 1.42. The van der Waals surface area contributed by atoms with Crippen LogP contribution in [0.25, 0.3) is 11.3 Å². The number of hydrogen-bond acceptors (Lipinski definition) is 9. The van der Waals surface area contributed by atoms with Crippen LogP contribution in [0.1, 0.15) is 31.2 Å². The number of rotatable bonds is 10. The number of carbonyl (C=O) groups excluding carboxylic acids is 1. The number of anilines is 5. The van der Waals surface area contributed by atoms with Gasteiger partial charge < -0.3 is 35.9 Å². The number of nitrogens with zero attached hydrogens (tertiary/aromatic N) is 4. The second-order valence-electron chi connectivity index (χ2n) is 10.3. The molecule has 10 heteroatoms. The SMILES string of the molecule is C=CC(=O)Nc1cc(Nc2cc(-c3ccc(NC)c(C=N)c3)ncn2)c(OC)cc1N1CCC(N2CCCC2)CC1. The minimum Gasteiger partial charge on any atom is -0.494 e. The molecule has 1 amide bonds. The Hall–Kier alpha value is -4.44. The number of benzene rings is 2. The van der Waals surface area contributed by atoms with E-state index in [1.54, 1.807) is 7.11 Å². The number of nitrogens with one attached hydrogen (secondary N) is 4. The predicted molar refractivity (Wildman–Crippen MR) is 166 cm³/mol. The van der Waals surface area contributed by atoms with Crippen molar-refractivity contribution in [2.75, 3.05) is 61.2 Å². The number of carbonyl (C=O) groups is 1. The van der Waals surface area contributed by atoms with E-state index in [2.05, 4.69) is 42.3 Å². The molecule has 2 aliphatic rings. The van der Waals surface area contributed by atoms with E-state index < -0.39 is 0 Å². The number of hydrogen-bond donors (Lipinski definition) is 4. The number of amides is 1. The highest BCUT2D eigenvalue weighted by Gasteiger charge is 2.28. The first kappa shape index (κ1) is 28.1. The molecule has 0 aliphatic carbocycles. The first-order valence-electron chi connectivity index (χ1n) is 14.1. The van der Waals surface area contributed by atoms with Gasteiger partial charge in [0.25, 0.3) is 0 Å². The number of methoxy groups -OCH3 is 1. The maximum atomic E-state index is 12.4. The van der Waals surface area contributed by atoms with Crippen LogP contribution in [-0.4, -0.2) is 73.4 Å². The second kappa shape index (κ2) is 12.8. The average molecular weight is 555 g/mol. The van der Waals surface area contributed by atoms with Crippen LogP contribution in [-0.2, 0) is 4.79 Å². The molecule has 0 spiro atoms. The molecule has 2 aliphatic heterocycles. The van der Waals surface area contributed by atoms with Gasteiger partial charge in [0.2, 0.25) is 5.91 Å². The third-order valence-electron chi connectivity index (χ3n) is 7.93. The Morgan fingerprint density at radius 1 is 1.05 bits per heavy atom.